The van der Waals surface area contributed by atoms with Gasteiger partial charge in [0, 0.05) is 31.6 Å². The number of alkyl halides is 1. The molecule has 1 heterocycles. The summed E-state index contributed by atoms with van der Waals surface area (Å²) in [7, 11) is 1.68. The molecule has 6 heteroatoms. The number of halogens is 2. The van der Waals surface area contributed by atoms with E-state index in [1.807, 2.05) is 6.07 Å². The Morgan fingerprint density at radius 1 is 1.33 bits per heavy atom. The van der Waals surface area contributed by atoms with Crippen molar-refractivity contribution in [1.29, 1.82) is 0 Å². The van der Waals surface area contributed by atoms with E-state index in [2.05, 4.69) is 24.8 Å². The van der Waals surface area contributed by atoms with Crippen LogP contribution in [0.5, 0.6) is 5.75 Å². The molecule has 27 heavy (non-hydrogen) atoms. The van der Waals surface area contributed by atoms with E-state index in [4.69, 9.17) is 22.1 Å². The van der Waals surface area contributed by atoms with Gasteiger partial charge in [-0.25, -0.2) is 4.39 Å². The Bertz CT molecular complexity index is 815. The standard InChI is InChI=1S/C21H26ClFN2O2/c1-13-14(2)18(27-3)6-4-17(13)12-25-10-15(11-25)8-21(22)9-16(20(24)26)5-7-19(21)23/h4-7,15H,8-12H2,1-3H3,(H2,24,26). The van der Waals surface area contributed by atoms with E-state index in [-0.39, 0.29) is 12.2 Å². The number of benzene rings is 1. The summed E-state index contributed by atoms with van der Waals surface area (Å²) < 4.78 is 19.7. The van der Waals surface area contributed by atoms with E-state index >= 15 is 0 Å². The summed E-state index contributed by atoms with van der Waals surface area (Å²) in [6, 6.07) is 4.10. The Morgan fingerprint density at radius 2 is 2.04 bits per heavy atom. The zero-order valence-corrected chi connectivity index (χ0v) is 16.8. The lowest BCUT2D eigenvalue weighted by molar-refractivity contribution is -0.114. The Labute approximate surface area is 164 Å². The second kappa shape index (κ2) is 7.64. The van der Waals surface area contributed by atoms with Gasteiger partial charge in [0.2, 0.25) is 5.91 Å². The molecule has 2 aliphatic rings. The predicted octanol–water partition coefficient (Wildman–Crippen LogP) is 3.78. The highest BCUT2D eigenvalue weighted by Crippen LogP contribution is 2.43. The van der Waals surface area contributed by atoms with Crippen molar-refractivity contribution < 1.29 is 13.9 Å². The van der Waals surface area contributed by atoms with Crippen molar-refractivity contribution in [2.75, 3.05) is 20.2 Å². The van der Waals surface area contributed by atoms with E-state index in [0.29, 0.717) is 17.9 Å². The van der Waals surface area contributed by atoms with Crippen molar-refractivity contribution in [2.45, 2.75) is 38.1 Å². The molecule has 1 aliphatic heterocycles. The zero-order valence-electron chi connectivity index (χ0n) is 16.0. The fourth-order valence-electron chi connectivity index (χ4n) is 3.99. The largest absolute Gasteiger partial charge is 0.496 e. The molecule has 1 aromatic rings. The van der Waals surface area contributed by atoms with Crippen LogP contribution in [0.1, 0.15) is 29.5 Å². The summed E-state index contributed by atoms with van der Waals surface area (Å²) in [4.78, 5) is 12.6. The van der Waals surface area contributed by atoms with Crippen LogP contribution >= 0.6 is 11.6 Å². The first-order valence-electron chi connectivity index (χ1n) is 9.14. The Balaban J connectivity index is 1.58. The van der Waals surface area contributed by atoms with Crippen LogP contribution < -0.4 is 10.5 Å². The van der Waals surface area contributed by atoms with Gasteiger partial charge in [-0.2, -0.15) is 0 Å². The molecule has 0 radical (unpaired) electrons. The van der Waals surface area contributed by atoms with Crippen LogP contribution in [-0.4, -0.2) is 35.9 Å². The van der Waals surface area contributed by atoms with Gasteiger partial charge in [-0.15, -0.1) is 11.6 Å². The summed E-state index contributed by atoms with van der Waals surface area (Å²) in [5.41, 5.74) is 9.39. The lowest BCUT2D eigenvalue weighted by Gasteiger charge is -2.43. The van der Waals surface area contributed by atoms with Gasteiger partial charge in [0.05, 0.1) is 7.11 Å². The normalized spacial score (nSPS) is 23.4. The molecule has 146 valence electrons. The number of carbonyl (C=O) groups excluding carboxylic acids is 1. The summed E-state index contributed by atoms with van der Waals surface area (Å²) in [6.07, 6.45) is 3.36. The van der Waals surface area contributed by atoms with Crippen LogP contribution in [0.4, 0.5) is 4.39 Å². The first-order chi connectivity index (χ1) is 12.7. The number of carbonyl (C=O) groups is 1. The fraction of sp³-hybridized carbons (Fsp3) is 0.476. The van der Waals surface area contributed by atoms with Gasteiger partial charge in [-0.3, -0.25) is 9.69 Å². The number of methoxy groups -OCH3 is 1. The smallest absolute Gasteiger partial charge is 0.244 e. The highest BCUT2D eigenvalue weighted by Gasteiger charge is 2.42. The van der Waals surface area contributed by atoms with Crippen LogP contribution in [0.3, 0.4) is 0 Å². The summed E-state index contributed by atoms with van der Waals surface area (Å²) in [5, 5.41) is 0. The SMILES string of the molecule is COc1ccc(CN2CC(CC3(Cl)CC(C(N)=O)=CC=C3F)C2)c(C)c1C. The molecular weight excluding hydrogens is 367 g/mol. The van der Waals surface area contributed by atoms with Gasteiger partial charge >= 0.3 is 0 Å². The minimum Gasteiger partial charge on any atom is -0.496 e. The van der Waals surface area contributed by atoms with E-state index in [0.717, 1.165) is 30.9 Å². The Kier molecular flexibility index (Phi) is 5.63. The van der Waals surface area contributed by atoms with Gasteiger partial charge < -0.3 is 10.5 Å². The van der Waals surface area contributed by atoms with Gasteiger partial charge in [-0.1, -0.05) is 12.1 Å². The quantitative estimate of drug-likeness (QED) is 0.749. The molecule has 1 unspecified atom stereocenters. The van der Waals surface area contributed by atoms with Crippen molar-refractivity contribution in [2.24, 2.45) is 11.7 Å². The number of ether oxygens (including phenoxy) is 1. The number of likely N-dealkylation sites (tertiary alicyclic amines) is 1. The third kappa shape index (κ3) is 4.04. The molecule has 3 rings (SSSR count). The third-order valence-corrected chi connectivity index (χ3v) is 6.22. The number of rotatable bonds is 6. The number of hydrogen-bond acceptors (Lipinski definition) is 3. The van der Waals surface area contributed by atoms with Crippen molar-refractivity contribution in [1.82, 2.24) is 4.90 Å². The highest BCUT2D eigenvalue weighted by molar-refractivity contribution is 6.26. The van der Waals surface area contributed by atoms with Crippen molar-refractivity contribution in [3.8, 4) is 5.75 Å². The van der Waals surface area contributed by atoms with Crippen molar-refractivity contribution in [3.63, 3.8) is 0 Å². The molecule has 0 aromatic heterocycles. The van der Waals surface area contributed by atoms with Crippen LogP contribution in [0.2, 0.25) is 0 Å². The lowest BCUT2D eigenvalue weighted by Crippen LogP contribution is -2.49. The minimum atomic E-state index is -1.15. The minimum absolute atomic E-state index is 0.152. The molecular formula is C21H26ClFN2O2. The van der Waals surface area contributed by atoms with Gasteiger partial charge in [0.1, 0.15) is 16.5 Å². The average molecular weight is 393 g/mol. The number of nitrogens with two attached hydrogens (primary N) is 1. The molecule has 1 aromatic carbocycles. The molecule has 4 nitrogen and oxygen atoms in total. The van der Waals surface area contributed by atoms with E-state index in [1.165, 1.54) is 23.3 Å². The maximum absolute atomic E-state index is 14.3. The monoisotopic (exact) mass is 392 g/mol. The second-order valence-corrected chi connectivity index (χ2v) is 8.38. The maximum Gasteiger partial charge on any atom is 0.244 e. The van der Waals surface area contributed by atoms with Gasteiger partial charge in [-0.05, 0) is 55.0 Å². The summed E-state index contributed by atoms with van der Waals surface area (Å²) >= 11 is 6.53. The molecule has 1 aliphatic carbocycles. The molecule has 1 fully saturated rings. The molecule has 1 amide bonds. The zero-order chi connectivity index (χ0) is 19.8. The number of amides is 1. The summed E-state index contributed by atoms with van der Waals surface area (Å²) in [5.74, 6) is 0.284. The predicted molar refractivity (Wildman–Crippen MR) is 106 cm³/mol. The number of hydrogen-bond donors (Lipinski definition) is 1. The first kappa shape index (κ1) is 19.9. The lowest BCUT2D eigenvalue weighted by atomic mass is 9.81. The van der Waals surface area contributed by atoms with Crippen LogP contribution in [0.15, 0.2) is 35.7 Å². The Morgan fingerprint density at radius 3 is 2.67 bits per heavy atom. The van der Waals surface area contributed by atoms with Gasteiger partial charge in [0.25, 0.3) is 0 Å². The number of primary amides is 1. The number of allylic oxidation sites excluding steroid dienone is 3. The highest BCUT2D eigenvalue weighted by atomic mass is 35.5. The maximum atomic E-state index is 14.3. The summed E-state index contributed by atoms with van der Waals surface area (Å²) in [6.45, 7) is 6.75. The average Bonchev–Trinajstić information content (AvgIpc) is 2.59. The molecule has 2 N–H and O–H groups in total. The molecule has 1 atom stereocenters. The third-order valence-electron chi connectivity index (χ3n) is 5.75. The van der Waals surface area contributed by atoms with E-state index in [1.54, 1.807) is 7.11 Å². The van der Waals surface area contributed by atoms with Crippen LogP contribution in [0, 0.1) is 19.8 Å². The first-order valence-corrected chi connectivity index (χ1v) is 9.52. The molecule has 0 bridgehead atoms. The van der Waals surface area contributed by atoms with Gasteiger partial charge in [0.15, 0.2) is 0 Å². The molecule has 1 saturated heterocycles. The van der Waals surface area contributed by atoms with Crippen LogP contribution in [-0.2, 0) is 11.3 Å². The number of nitrogens with zero attached hydrogens (tertiary/aromatic N) is 1. The topological polar surface area (TPSA) is 55.6 Å². The van der Waals surface area contributed by atoms with Crippen molar-refractivity contribution in [3.05, 3.63) is 52.4 Å². The van der Waals surface area contributed by atoms with Crippen LogP contribution in [0.25, 0.3) is 0 Å². The second-order valence-electron chi connectivity index (χ2n) is 7.65. The molecule has 0 spiro atoms. The van der Waals surface area contributed by atoms with Crippen molar-refractivity contribution >= 4 is 17.5 Å². The molecule has 0 saturated carbocycles. The van der Waals surface area contributed by atoms with E-state index < -0.39 is 10.8 Å². The Hall–Kier alpha value is -1.85. The van der Waals surface area contributed by atoms with E-state index in [9.17, 15) is 9.18 Å². The fourth-order valence-corrected chi connectivity index (χ4v) is 4.41.